The molecule has 1 N–H and O–H groups in total. The zero-order valence-electron chi connectivity index (χ0n) is 14.7. The first-order valence-electron chi connectivity index (χ1n) is 8.98. The molecule has 3 heterocycles. The van der Waals surface area contributed by atoms with Crippen LogP contribution in [0.25, 0.3) is 10.2 Å². The molecule has 6 heteroatoms. The predicted octanol–water partition coefficient (Wildman–Crippen LogP) is 3.90. The van der Waals surface area contributed by atoms with Gasteiger partial charge in [0.2, 0.25) is 0 Å². The van der Waals surface area contributed by atoms with Crippen LogP contribution < -0.4 is 4.90 Å². The van der Waals surface area contributed by atoms with Gasteiger partial charge >= 0.3 is 5.97 Å². The van der Waals surface area contributed by atoms with Crippen molar-refractivity contribution in [1.29, 1.82) is 0 Å². The van der Waals surface area contributed by atoms with E-state index in [-0.39, 0.29) is 0 Å². The highest BCUT2D eigenvalue weighted by Gasteiger charge is 2.33. The fourth-order valence-electron chi connectivity index (χ4n) is 3.53. The number of hydrogen-bond donors (Lipinski definition) is 1. The van der Waals surface area contributed by atoms with Gasteiger partial charge in [-0.15, -0.1) is 11.3 Å². The van der Waals surface area contributed by atoms with E-state index in [1.807, 2.05) is 23.1 Å². The summed E-state index contributed by atoms with van der Waals surface area (Å²) in [6.45, 7) is 2.85. The van der Waals surface area contributed by atoms with Crippen LogP contribution in [0.15, 0.2) is 36.4 Å². The first-order chi connectivity index (χ1) is 12.7. The minimum atomic E-state index is -0.773. The van der Waals surface area contributed by atoms with E-state index in [4.69, 9.17) is 9.97 Å². The summed E-state index contributed by atoms with van der Waals surface area (Å²) in [7, 11) is 0. The standard InChI is InChI=1S/C20H21N3O2S/c1-2-14-12-15-18(23-10-6-9-16(23)20(24)25)21-17(22-19(15)26-14)11-13-7-4-3-5-8-13/h3-5,7-8,12,16H,2,6,9-11H2,1H3,(H,24,25). The second-order valence-corrected chi connectivity index (χ2v) is 7.72. The van der Waals surface area contributed by atoms with Crippen LogP contribution in [0.5, 0.6) is 0 Å². The lowest BCUT2D eigenvalue weighted by Gasteiger charge is -2.23. The molecule has 26 heavy (non-hydrogen) atoms. The lowest BCUT2D eigenvalue weighted by Crippen LogP contribution is -2.36. The van der Waals surface area contributed by atoms with Crippen molar-refractivity contribution in [3.63, 3.8) is 0 Å². The van der Waals surface area contributed by atoms with Crippen molar-refractivity contribution in [3.05, 3.63) is 52.7 Å². The lowest BCUT2D eigenvalue weighted by atomic mass is 10.1. The number of carboxylic acids is 1. The van der Waals surface area contributed by atoms with Crippen LogP contribution in [-0.2, 0) is 17.6 Å². The molecule has 134 valence electrons. The average molecular weight is 367 g/mol. The van der Waals surface area contributed by atoms with E-state index in [0.717, 1.165) is 46.8 Å². The van der Waals surface area contributed by atoms with Crippen molar-refractivity contribution in [2.45, 2.75) is 38.6 Å². The Labute approximate surface area is 156 Å². The van der Waals surface area contributed by atoms with Crippen molar-refractivity contribution in [2.75, 3.05) is 11.4 Å². The van der Waals surface area contributed by atoms with Crippen molar-refractivity contribution in [1.82, 2.24) is 9.97 Å². The third-order valence-corrected chi connectivity index (χ3v) is 6.01. The van der Waals surface area contributed by atoms with E-state index in [9.17, 15) is 9.90 Å². The maximum atomic E-state index is 11.7. The Morgan fingerprint density at radius 3 is 2.85 bits per heavy atom. The molecule has 1 aromatic carbocycles. The molecule has 0 saturated carbocycles. The smallest absolute Gasteiger partial charge is 0.326 e. The van der Waals surface area contributed by atoms with Gasteiger partial charge in [0.05, 0.1) is 5.39 Å². The second kappa shape index (κ2) is 7.03. The van der Waals surface area contributed by atoms with Crippen LogP contribution in [0.4, 0.5) is 5.82 Å². The van der Waals surface area contributed by atoms with E-state index in [0.29, 0.717) is 12.8 Å². The van der Waals surface area contributed by atoms with Crippen molar-refractivity contribution >= 4 is 33.3 Å². The van der Waals surface area contributed by atoms with Gasteiger partial charge in [0, 0.05) is 17.8 Å². The van der Waals surface area contributed by atoms with Gasteiger partial charge in [-0.2, -0.15) is 0 Å². The number of anilines is 1. The Kier molecular flexibility index (Phi) is 4.59. The van der Waals surface area contributed by atoms with Gasteiger partial charge in [-0.1, -0.05) is 37.3 Å². The number of rotatable bonds is 5. The SMILES string of the molecule is CCc1cc2c(N3CCCC3C(=O)O)nc(Cc3ccccc3)nc2s1. The number of carbonyl (C=O) groups is 1. The van der Waals surface area contributed by atoms with Gasteiger partial charge in [-0.25, -0.2) is 14.8 Å². The van der Waals surface area contributed by atoms with Gasteiger partial charge in [0.25, 0.3) is 0 Å². The summed E-state index contributed by atoms with van der Waals surface area (Å²) < 4.78 is 0. The fraction of sp³-hybridized carbons (Fsp3) is 0.350. The summed E-state index contributed by atoms with van der Waals surface area (Å²) in [4.78, 5) is 25.4. The van der Waals surface area contributed by atoms with Gasteiger partial charge < -0.3 is 10.0 Å². The van der Waals surface area contributed by atoms with Gasteiger partial charge in [0.1, 0.15) is 22.5 Å². The molecule has 1 aliphatic rings. The number of carboxylic acid groups (broad SMARTS) is 1. The fourth-order valence-corrected chi connectivity index (χ4v) is 4.51. The first-order valence-corrected chi connectivity index (χ1v) is 9.80. The van der Waals surface area contributed by atoms with Crippen LogP contribution >= 0.6 is 11.3 Å². The molecule has 4 rings (SSSR count). The molecular formula is C20H21N3O2S. The molecule has 1 atom stereocenters. The molecule has 1 unspecified atom stereocenters. The monoisotopic (exact) mass is 367 g/mol. The molecule has 0 aliphatic carbocycles. The van der Waals surface area contributed by atoms with Gasteiger partial charge in [-0.3, -0.25) is 0 Å². The highest BCUT2D eigenvalue weighted by atomic mass is 32.1. The Morgan fingerprint density at radius 1 is 1.31 bits per heavy atom. The highest BCUT2D eigenvalue weighted by molar-refractivity contribution is 7.18. The van der Waals surface area contributed by atoms with Crippen LogP contribution in [0.3, 0.4) is 0 Å². The molecule has 0 spiro atoms. The van der Waals surface area contributed by atoms with Gasteiger partial charge in [0.15, 0.2) is 0 Å². The second-order valence-electron chi connectivity index (χ2n) is 6.60. The third-order valence-electron chi connectivity index (χ3n) is 4.83. The summed E-state index contributed by atoms with van der Waals surface area (Å²) in [6, 6.07) is 11.8. The molecule has 0 bridgehead atoms. The van der Waals surface area contributed by atoms with E-state index in [1.165, 1.54) is 4.88 Å². The Hall–Kier alpha value is -2.47. The van der Waals surface area contributed by atoms with Crippen molar-refractivity contribution in [2.24, 2.45) is 0 Å². The minimum absolute atomic E-state index is 0.498. The number of nitrogens with zero attached hydrogens (tertiary/aromatic N) is 3. The summed E-state index contributed by atoms with van der Waals surface area (Å²) in [5.41, 5.74) is 1.15. The summed E-state index contributed by atoms with van der Waals surface area (Å²) in [6.07, 6.45) is 3.13. The number of benzene rings is 1. The molecule has 1 saturated heterocycles. The van der Waals surface area contributed by atoms with Crippen molar-refractivity contribution in [3.8, 4) is 0 Å². The molecule has 5 nitrogen and oxygen atoms in total. The summed E-state index contributed by atoms with van der Waals surface area (Å²) >= 11 is 1.68. The average Bonchev–Trinajstić information content (AvgIpc) is 3.28. The number of aryl methyl sites for hydroxylation is 1. The predicted molar refractivity (Wildman–Crippen MR) is 104 cm³/mol. The molecule has 0 radical (unpaired) electrons. The Balaban J connectivity index is 1.81. The number of hydrogen-bond acceptors (Lipinski definition) is 5. The van der Waals surface area contributed by atoms with Crippen LogP contribution in [0, 0.1) is 0 Å². The first kappa shape index (κ1) is 17.0. The number of aromatic nitrogens is 2. The normalized spacial score (nSPS) is 17.1. The number of fused-ring (bicyclic) bond motifs is 1. The number of aliphatic carboxylic acids is 1. The van der Waals surface area contributed by atoms with Crippen LogP contribution in [0.2, 0.25) is 0 Å². The van der Waals surface area contributed by atoms with E-state index in [1.54, 1.807) is 11.3 Å². The zero-order valence-corrected chi connectivity index (χ0v) is 15.5. The minimum Gasteiger partial charge on any atom is -0.480 e. The number of thiophene rings is 1. The molecule has 1 aliphatic heterocycles. The quantitative estimate of drug-likeness (QED) is 0.741. The van der Waals surface area contributed by atoms with Gasteiger partial charge in [-0.05, 0) is 30.9 Å². The van der Waals surface area contributed by atoms with Crippen LogP contribution in [0.1, 0.15) is 36.0 Å². The van der Waals surface area contributed by atoms with Crippen molar-refractivity contribution < 1.29 is 9.90 Å². The maximum absolute atomic E-state index is 11.7. The summed E-state index contributed by atoms with van der Waals surface area (Å²) in [5.74, 6) is 0.755. The largest absolute Gasteiger partial charge is 0.480 e. The topological polar surface area (TPSA) is 66.3 Å². The molecule has 3 aromatic rings. The van der Waals surface area contributed by atoms with E-state index in [2.05, 4.69) is 25.1 Å². The highest BCUT2D eigenvalue weighted by Crippen LogP contribution is 2.35. The molecular weight excluding hydrogens is 346 g/mol. The van der Waals surface area contributed by atoms with E-state index >= 15 is 0 Å². The van der Waals surface area contributed by atoms with E-state index < -0.39 is 12.0 Å². The van der Waals surface area contributed by atoms with Crippen LogP contribution in [-0.4, -0.2) is 33.6 Å². The Morgan fingerprint density at radius 2 is 2.12 bits per heavy atom. The molecule has 0 amide bonds. The molecule has 2 aromatic heterocycles. The molecule has 1 fully saturated rings. The Bertz CT molecular complexity index is 939. The third kappa shape index (κ3) is 3.17. The summed E-state index contributed by atoms with van der Waals surface area (Å²) in [5, 5.41) is 10.6. The maximum Gasteiger partial charge on any atom is 0.326 e. The lowest BCUT2D eigenvalue weighted by molar-refractivity contribution is -0.138. The zero-order chi connectivity index (χ0) is 18.1.